The number of nitrogens with one attached hydrogen (secondary N) is 2. The zero-order valence-electron chi connectivity index (χ0n) is 16.5. The Bertz CT molecular complexity index is 882. The lowest BCUT2D eigenvalue weighted by Crippen LogP contribution is -2.34. The smallest absolute Gasteiger partial charge is 0.338 e. The van der Waals surface area contributed by atoms with E-state index in [0.29, 0.717) is 17.3 Å². The number of hydrogen-bond donors (Lipinski definition) is 2. The highest BCUT2D eigenvalue weighted by atomic mass is 32.1. The van der Waals surface area contributed by atoms with Crippen molar-refractivity contribution in [1.82, 2.24) is 5.32 Å². The normalized spacial score (nSPS) is 15.3. The van der Waals surface area contributed by atoms with Crippen molar-refractivity contribution in [2.75, 3.05) is 19.0 Å². The molecule has 0 bridgehead atoms. The maximum Gasteiger partial charge on any atom is 0.338 e. The minimum absolute atomic E-state index is 0.175. The molecule has 0 saturated heterocycles. The monoisotopic (exact) mass is 398 g/mol. The number of hydrogen-bond acceptors (Lipinski definition) is 4. The summed E-state index contributed by atoms with van der Waals surface area (Å²) >= 11 is 5.54. The van der Waals surface area contributed by atoms with Crippen LogP contribution in [0, 0.1) is 6.92 Å². The van der Waals surface area contributed by atoms with Gasteiger partial charge in [-0.3, -0.25) is 0 Å². The van der Waals surface area contributed by atoms with Crippen LogP contribution in [0.1, 0.15) is 52.9 Å². The minimum Gasteiger partial charge on any atom is -0.497 e. The van der Waals surface area contributed by atoms with E-state index >= 15 is 0 Å². The molecule has 0 saturated carbocycles. The van der Waals surface area contributed by atoms with Crippen LogP contribution in [-0.2, 0) is 11.2 Å². The summed E-state index contributed by atoms with van der Waals surface area (Å²) in [6.45, 7) is 4.10. The zero-order valence-corrected chi connectivity index (χ0v) is 17.3. The van der Waals surface area contributed by atoms with Gasteiger partial charge in [-0.15, -0.1) is 0 Å². The van der Waals surface area contributed by atoms with Crippen molar-refractivity contribution in [3.63, 3.8) is 0 Å². The summed E-state index contributed by atoms with van der Waals surface area (Å²) in [6.07, 6.45) is 3.19. The summed E-state index contributed by atoms with van der Waals surface area (Å²) in [7, 11) is 1.69. The molecule has 2 aromatic rings. The fourth-order valence-electron chi connectivity index (χ4n) is 3.53. The largest absolute Gasteiger partial charge is 0.497 e. The van der Waals surface area contributed by atoms with Crippen molar-refractivity contribution in [2.45, 2.75) is 39.2 Å². The van der Waals surface area contributed by atoms with Crippen LogP contribution in [0.3, 0.4) is 0 Å². The molecule has 2 N–H and O–H groups in total. The van der Waals surface area contributed by atoms with Crippen molar-refractivity contribution in [2.24, 2.45) is 0 Å². The Kier molecular flexibility index (Phi) is 6.52. The number of carbonyl (C=O) groups is 1. The van der Waals surface area contributed by atoms with Crippen LogP contribution in [0.15, 0.2) is 36.4 Å². The third kappa shape index (κ3) is 4.62. The lowest BCUT2D eigenvalue weighted by atomic mass is 9.87. The molecule has 1 aliphatic carbocycles. The van der Waals surface area contributed by atoms with Gasteiger partial charge in [-0.05, 0) is 92.4 Å². The summed E-state index contributed by atoms with van der Waals surface area (Å²) in [4.78, 5) is 11.9. The first kappa shape index (κ1) is 20.1. The van der Waals surface area contributed by atoms with Gasteiger partial charge in [0.15, 0.2) is 5.11 Å². The molecule has 0 radical (unpaired) electrons. The number of ether oxygens (including phenoxy) is 2. The highest BCUT2D eigenvalue weighted by molar-refractivity contribution is 7.80. The fourth-order valence-corrected chi connectivity index (χ4v) is 3.78. The number of thiocarbonyl (C=S) groups is 1. The maximum absolute atomic E-state index is 11.9. The maximum atomic E-state index is 11.9. The molecule has 0 aromatic heterocycles. The van der Waals surface area contributed by atoms with Gasteiger partial charge in [0.25, 0.3) is 0 Å². The molecular formula is C22H26N2O3S. The van der Waals surface area contributed by atoms with Crippen LogP contribution >= 0.6 is 12.2 Å². The molecular weight excluding hydrogens is 372 g/mol. The van der Waals surface area contributed by atoms with Gasteiger partial charge in [-0.1, -0.05) is 6.07 Å². The number of rotatable bonds is 5. The van der Waals surface area contributed by atoms with E-state index in [-0.39, 0.29) is 12.0 Å². The second-order valence-electron chi connectivity index (χ2n) is 6.86. The molecule has 6 heteroatoms. The Morgan fingerprint density at radius 1 is 1.25 bits per heavy atom. The average Bonchev–Trinajstić information content (AvgIpc) is 2.69. The fraction of sp³-hybridized carbons (Fsp3) is 0.364. The van der Waals surface area contributed by atoms with Crippen molar-refractivity contribution < 1.29 is 14.3 Å². The Hall–Kier alpha value is -2.60. The number of anilines is 1. The summed E-state index contributed by atoms with van der Waals surface area (Å²) in [6, 6.07) is 11.8. The molecule has 0 spiro atoms. The lowest BCUT2D eigenvalue weighted by Gasteiger charge is -2.28. The molecule has 3 rings (SSSR count). The first-order valence-electron chi connectivity index (χ1n) is 9.54. The molecule has 28 heavy (non-hydrogen) atoms. The van der Waals surface area contributed by atoms with Gasteiger partial charge in [0, 0.05) is 5.69 Å². The second kappa shape index (κ2) is 9.06. The van der Waals surface area contributed by atoms with Gasteiger partial charge < -0.3 is 20.1 Å². The number of methoxy groups -OCH3 is 1. The Labute approximate surface area is 171 Å². The van der Waals surface area contributed by atoms with Crippen LogP contribution < -0.4 is 15.4 Å². The van der Waals surface area contributed by atoms with Crippen LogP contribution in [0.4, 0.5) is 5.69 Å². The van der Waals surface area contributed by atoms with E-state index in [9.17, 15) is 4.79 Å². The average molecular weight is 399 g/mol. The van der Waals surface area contributed by atoms with E-state index in [1.165, 1.54) is 11.1 Å². The molecule has 1 atom stereocenters. The summed E-state index contributed by atoms with van der Waals surface area (Å²) in [5, 5.41) is 7.26. The number of benzene rings is 2. The predicted molar refractivity (Wildman–Crippen MR) is 115 cm³/mol. The number of aryl methyl sites for hydroxylation is 2. The van der Waals surface area contributed by atoms with E-state index in [4.69, 9.17) is 21.7 Å². The van der Waals surface area contributed by atoms with E-state index < -0.39 is 0 Å². The number of esters is 1. The third-order valence-corrected chi connectivity index (χ3v) is 5.18. The standard InChI is InChI=1S/C22H26N2O3S/c1-4-27-21(25)16-8-11-19(14(2)12-16)23-22(28)24-20-7-5-6-15-13-17(26-3)9-10-18(15)20/h8-13,20H,4-7H2,1-3H3,(H2,23,24,28)/t20-/m0/s1. The zero-order chi connectivity index (χ0) is 20.1. The molecule has 148 valence electrons. The van der Waals surface area contributed by atoms with Gasteiger partial charge >= 0.3 is 5.97 Å². The van der Waals surface area contributed by atoms with Crippen LogP contribution in [0.2, 0.25) is 0 Å². The van der Waals surface area contributed by atoms with Crippen molar-refractivity contribution in [3.05, 3.63) is 58.7 Å². The summed E-state index contributed by atoms with van der Waals surface area (Å²) in [5.41, 5.74) is 4.92. The van der Waals surface area contributed by atoms with Gasteiger partial charge in [0.1, 0.15) is 5.75 Å². The van der Waals surface area contributed by atoms with Gasteiger partial charge in [-0.2, -0.15) is 0 Å². The van der Waals surface area contributed by atoms with E-state index in [0.717, 1.165) is 36.3 Å². The van der Waals surface area contributed by atoms with Crippen LogP contribution in [0.25, 0.3) is 0 Å². The summed E-state index contributed by atoms with van der Waals surface area (Å²) < 4.78 is 10.4. The highest BCUT2D eigenvalue weighted by Crippen LogP contribution is 2.32. The Morgan fingerprint density at radius 3 is 2.79 bits per heavy atom. The Balaban J connectivity index is 1.68. The predicted octanol–water partition coefficient (Wildman–Crippen LogP) is 4.54. The third-order valence-electron chi connectivity index (χ3n) is 4.96. The van der Waals surface area contributed by atoms with Gasteiger partial charge in [-0.25, -0.2) is 4.79 Å². The van der Waals surface area contributed by atoms with E-state index in [1.807, 2.05) is 25.1 Å². The SMILES string of the molecule is CCOC(=O)c1ccc(NC(=S)N[C@H]2CCCc3cc(OC)ccc32)c(C)c1. The van der Waals surface area contributed by atoms with Crippen molar-refractivity contribution >= 4 is 29.0 Å². The second-order valence-corrected chi connectivity index (χ2v) is 7.27. The van der Waals surface area contributed by atoms with Crippen LogP contribution in [0.5, 0.6) is 5.75 Å². The van der Waals surface area contributed by atoms with Crippen molar-refractivity contribution in [3.8, 4) is 5.75 Å². The number of fused-ring (bicyclic) bond motifs is 1. The van der Waals surface area contributed by atoms with E-state index in [2.05, 4.69) is 22.8 Å². The first-order chi connectivity index (χ1) is 13.5. The highest BCUT2D eigenvalue weighted by Gasteiger charge is 2.21. The first-order valence-corrected chi connectivity index (χ1v) is 9.94. The topological polar surface area (TPSA) is 59.6 Å². The van der Waals surface area contributed by atoms with Gasteiger partial charge in [0.2, 0.25) is 0 Å². The molecule has 0 unspecified atom stereocenters. The van der Waals surface area contributed by atoms with Gasteiger partial charge in [0.05, 0.1) is 25.3 Å². The molecule has 5 nitrogen and oxygen atoms in total. The van der Waals surface area contributed by atoms with E-state index in [1.54, 1.807) is 20.1 Å². The quantitative estimate of drug-likeness (QED) is 0.569. The van der Waals surface area contributed by atoms with Crippen molar-refractivity contribution in [1.29, 1.82) is 0 Å². The minimum atomic E-state index is -0.313. The lowest BCUT2D eigenvalue weighted by molar-refractivity contribution is 0.0526. The molecule has 0 amide bonds. The Morgan fingerprint density at radius 2 is 2.07 bits per heavy atom. The molecule has 0 aliphatic heterocycles. The molecule has 0 fully saturated rings. The van der Waals surface area contributed by atoms with Crippen LogP contribution in [-0.4, -0.2) is 24.8 Å². The summed E-state index contributed by atoms with van der Waals surface area (Å²) in [5.74, 6) is 0.574. The molecule has 1 aliphatic rings. The molecule has 0 heterocycles. The number of carbonyl (C=O) groups excluding carboxylic acids is 1. The molecule has 2 aromatic carbocycles.